The first kappa shape index (κ1) is 17.9. The van der Waals surface area contributed by atoms with Crippen molar-refractivity contribution in [3.63, 3.8) is 0 Å². The molecule has 7 heteroatoms. The van der Waals surface area contributed by atoms with E-state index in [2.05, 4.69) is 27.5 Å². The molecule has 0 aromatic carbocycles. The fourth-order valence-corrected chi connectivity index (χ4v) is 3.82. The van der Waals surface area contributed by atoms with Crippen molar-refractivity contribution in [1.82, 2.24) is 20.4 Å². The Bertz CT molecular complexity index is 670. The molecule has 25 heavy (non-hydrogen) atoms. The van der Waals surface area contributed by atoms with E-state index in [-0.39, 0.29) is 17.8 Å². The smallest absolute Gasteiger partial charge is 0.256 e. The zero-order chi connectivity index (χ0) is 18.0. The maximum atomic E-state index is 12.3. The molecule has 0 spiro atoms. The maximum absolute atomic E-state index is 12.3. The van der Waals surface area contributed by atoms with Gasteiger partial charge in [-0.25, -0.2) is 0 Å². The van der Waals surface area contributed by atoms with E-state index >= 15 is 0 Å². The van der Waals surface area contributed by atoms with Gasteiger partial charge in [0, 0.05) is 25.6 Å². The molecule has 3 heterocycles. The molecular formula is C18H27N5O2. The molecule has 7 nitrogen and oxygen atoms in total. The van der Waals surface area contributed by atoms with Gasteiger partial charge in [0.05, 0.1) is 6.17 Å². The van der Waals surface area contributed by atoms with E-state index in [1.165, 1.54) is 12.8 Å². The van der Waals surface area contributed by atoms with E-state index in [9.17, 15) is 10.1 Å². The number of piperidine rings is 1. The molecular weight excluding hydrogens is 318 g/mol. The molecule has 0 bridgehead atoms. The van der Waals surface area contributed by atoms with Gasteiger partial charge in [-0.1, -0.05) is 0 Å². The van der Waals surface area contributed by atoms with Crippen LogP contribution < -0.4 is 10.6 Å². The van der Waals surface area contributed by atoms with Crippen LogP contribution in [-0.4, -0.2) is 63.0 Å². The topological polar surface area (TPSA) is 84.5 Å². The summed E-state index contributed by atoms with van der Waals surface area (Å²) in [6.07, 6.45) is 2.99. The van der Waals surface area contributed by atoms with Gasteiger partial charge in [0.25, 0.3) is 5.91 Å². The Labute approximate surface area is 148 Å². The van der Waals surface area contributed by atoms with E-state index < -0.39 is 0 Å². The maximum Gasteiger partial charge on any atom is 0.256 e. The molecule has 1 atom stereocenters. The van der Waals surface area contributed by atoms with Crippen LogP contribution in [0.2, 0.25) is 0 Å². The Morgan fingerprint density at radius 1 is 1.32 bits per heavy atom. The van der Waals surface area contributed by atoms with Gasteiger partial charge in [0.1, 0.15) is 17.4 Å². The highest BCUT2D eigenvalue weighted by atomic mass is 16.3. The lowest BCUT2D eigenvalue weighted by Gasteiger charge is -2.35. The van der Waals surface area contributed by atoms with Crippen LogP contribution in [0.15, 0.2) is 4.42 Å². The first-order chi connectivity index (χ1) is 12.0. The number of nitrogens with one attached hydrogen (secondary N) is 2. The normalized spacial score (nSPS) is 22.4. The minimum absolute atomic E-state index is 0.0958. The van der Waals surface area contributed by atoms with Crippen LogP contribution in [0.25, 0.3) is 0 Å². The highest BCUT2D eigenvalue weighted by Gasteiger charge is 2.35. The van der Waals surface area contributed by atoms with Gasteiger partial charge in [-0.2, -0.15) is 5.26 Å². The molecule has 1 saturated heterocycles. The Morgan fingerprint density at radius 2 is 2.04 bits per heavy atom. The molecule has 0 aliphatic carbocycles. The Morgan fingerprint density at radius 3 is 2.68 bits per heavy atom. The number of amides is 1. The predicted octanol–water partition coefficient (Wildman–Crippen LogP) is 0.929. The van der Waals surface area contributed by atoms with E-state index in [0.717, 1.165) is 37.5 Å². The molecule has 1 amide bonds. The lowest BCUT2D eigenvalue weighted by atomic mass is 9.95. The summed E-state index contributed by atoms with van der Waals surface area (Å²) < 4.78 is 5.70. The second-order valence-corrected chi connectivity index (χ2v) is 7.12. The van der Waals surface area contributed by atoms with E-state index in [4.69, 9.17) is 4.42 Å². The van der Waals surface area contributed by atoms with Crippen LogP contribution in [0.3, 0.4) is 0 Å². The van der Waals surface area contributed by atoms with Crippen LogP contribution >= 0.6 is 0 Å². The third-order valence-electron chi connectivity index (χ3n) is 5.42. The molecule has 3 rings (SSSR count). The van der Waals surface area contributed by atoms with Crippen molar-refractivity contribution in [2.75, 3.05) is 47.3 Å². The fourth-order valence-electron chi connectivity index (χ4n) is 3.82. The zero-order valence-corrected chi connectivity index (χ0v) is 15.3. The number of hydrogen-bond donors (Lipinski definition) is 2. The number of rotatable bonds is 4. The second kappa shape index (κ2) is 7.56. The summed E-state index contributed by atoms with van der Waals surface area (Å²) in [5.74, 6) is 1.25. The molecule has 1 aromatic heterocycles. The molecule has 1 aromatic rings. The van der Waals surface area contributed by atoms with E-state index in [1.807, 2.05) is 13.1 Å². The average molecular weight is 345 g/mol. The SMILES string of the molecule is CNC(=O)c1c(C#N)oc2c1C(NCC1CCN(C)CC1)N(C)CC2. The molecule has 0 saturated carbocycles. The van der Waals surface area contributed by atoms with Crippen LogP contribution in [0, 0.1) is 17.2 Å². The number of nitrogens with zero attached hydrogens (tertiary/aromatic N) is 3. The summed E-state index contributed by atoms with van der Waals surface area (Å²) in [7, 11) is 5.79. The Kier molecular flexibility index (Phi) is 5.42. The summed E-state index contributed by atoms with van der Waals surface area (Å²) in [5, 5.41) is 15.6. The van der Waals surface area contributed by atoms with Gasteiger partial charge in [-0.15, -0.1) is 0 Å². The summed E-state index contributed by atoms with van der Waals surface area (Å²) in [4.78, 5) is 16.9. The van der Waals surface area contributed by atoms with E-state index in [0.29, 0.717) is 17.9 Å². The molecule has 136 valence electrons. The molecule has 1 unspecified atom stereocenters. The van der Waals surface area contributed by atoms with Crippen molar-refractivity contribution in [1.29, 1.82) is 5.26 Å². The highest BCUT2D eigenvalue weighted by Crippen LogP contribution is 2.34. The fraction of sp³-hybridized carbons (Fsp3) is 0.667. The van der Waals surface area contributed by atoms with Crippen molar-refractivity contribution >= 4 is 5.91 Å². The van der Waals surface area contributed by atoms with Gasteiger partial charge in [-0.05, 0) is 52.5 Å². The summed E-state index contributed by atoms with van der Waals surface area (Å²) in [6.45, 7) is 4.00. The number of likely N-dealkylation sites (tertiary alicyclic amines) is 1. The summed E-state index contributed by atoms with van der Waals surface area (Å²) >= 11 is 0. The molecule has 2 aliphatic rings. The van der Waals surface area contributed by atoms with Crippen LogP contribution in [-0.2, 0) is 6.42 Å². The number of likely N-dealkylation sites (N-methyl/N-ethyl adjacent to an activating group) is 1. The van der Waals surface area contributed by atoms with Gasteiger partial charge < -0.3 is 14.6 Å². The van der Waals surface area contributed by atoms with Crippen molar-refractivity contribution in [3.05, 3.63) is 22.6 Å². The predicted molar refractivity (Wildman–Crippen MR) is 94.1 cm³/mol. The van der Waals surface area contributed by atoms with Gasteiger partial charge in [0.15, 0.2) is 0 Å². The average Bonchev–Trinajstić information content (AvgIpc) is 3.00. The second-order valence-electron chi connectivity index (χ2n) is 7.12. The van der Waals surface area contributed by atoms with Crippen molar-refractivity contribution in [2.45, 2.75) is 25.4 Å². The van der Waals surface area contributed by atoms with Gasteiger partial charge in [0.2, 0.25) is 5.76 Å². The van der Waals surface area contributed by atoms with Gasteiger partial charge in [-0.3, -0.25) is 15.0 Å². The number of carbonyl (C=O) groups excluding carboxylic acids is 1. The van der Waals surface area contributed by atoms with Crippen LogP contribution in [0.4, 0.5) is 0 Å². The lowest BCUT2D eigenvalue weighted by molar-refractivity contribution is 0.0956. The Balaban J connectivity index is 1.82. The lowest BCUT2D eigenvalue weighted by Crippen LogP contribution is -2.44. The number of furan rings is 1. The number of nitriles is 1. The standard InChI is InChI=1S/C18H27N5O2/c1-20-18(24)16-14(10-19)25-13-6-9-23(3)17(15(13)16)21-11-12-4-7-22(2)8-5-12/h12,17,21H,4-9,11H2,1-3H3,(H,20,24). The third-order valence-corrected chi connectivity index (χ3v) is 5.42. The molecule has 2 aliphatic heterocycles. The van der Waals surface area contributed by atoms with Gasteiger partial charge >= 0.3 is 0 Å². The first-order valence-corrected chi connectivity index (χ1v) is 8.95. The number of hydrogen-bond acceptors (Lipinski definition) is 6. The largest absolute Gasteiger partial charge is 0.449 e. The highest BCUT2D eigenvalue weighted by molar-refractivity contribution is 5.97. The number of carbonyl (C=O) groups is 1. The quantitative estimate of drug-likeness (QED) is 0.844. The third kappa shape index (κ3) is 3.56. The number of fused-ring (bicyclic) bond motifs is 1. The molecule has 0 radical (unpaired) electrons. The van der Waals surface area contributed by atoms with Crippen molar-refractivity contribution < 1.29 is 9.21 Å². The molecule has 1 fully saturated rings. The van der Waals surface area contributed by atoms with Crippen LogP contribution in [0.1, 0.15) is 46.4 Å². The van der Waals surface area contributed by atoms with Crippen molar-refractivity contribution in [2.24, 2.45) is 5.92 Å². The summed E-state index contributed by atoms with van der Waals surface area (Å²) in [6, 6.07) is 2.03. The first-order valence-electron chi connectivity index (χ1n) is 8.95. The monoisotopic (exact) mass is 345 g/mol. The summed E-state index contributed by atoms with van der Waals surface area (Å²) in [5.41, 5.74) is 1.21. The zero-order valence-electron chi connectivity index (χ0n) is 15.3. The van der Waals surface area contributed by atoms with E-state index in [1.54, 1.807) is 7.05 Å². The minimum Gasteiger partial charge on any atom is -0.449 e. The minimum atomic E-state index is -0.261. The molecule has 2 N–H and O–H groups in total. The van der Waals surface area contributed by atoms with Crippen molar-refractivity contribution in [3.8, 4) is 6.07 Å². The Hall–Kier alpha value is -1.88. The van der Waals surface area contributed by atoms with Crippen LogP contribution in [0.5, 0.6) is 0 Å².